The Balaban J connectivity index is 2.37. The normalized spacial score (nSPS) is 16.5. The SMILES string of the molecule is C/C(=C/C[C@H](O[Si](C)(C)C(C)(C)C)/C(C)=C/c1csc(C)n1)CC(C[C@H](C)CO[Si](C)(C)C(C)(C)C)S(=O)(=O)c1ccccc1. The number of allylic oxidation sites excluding steroid dienone is 1. The van der Waals surface area contributed by atoms with Gasteiger partial charge in [-0.3, -0.25) is 0 Å². The van der Waals surface area contributed by atoms with Crippen LogP contribution >= 0.6 is 11.3 Å². The summed E-state index contributed by atoms with van der Waals surface area (Å²) in [5.74, 6) is 0.108. The highest BCUT2D eigenvalue weighted by Crippen LogP contribution is 2.39. The number of hydrogen-bond acceptors (Lipinski definition) is 6. The van der Waals surface area contributed by atoms with Gasteiger partial charge >= 0.3 is 0 Å². The van der Waals surface area contributed by atoms with E-state index in [4.69, 9.17) is 8.85 Å². The van der Waals surface area contributed by atoms with Crippen molar-refractivity contribution in [1.29, 1.82) is 0 Å². The lowest BCUT2D eigenvalue weighted by molar-refractivity contribution is 0.217. The van der Waals surface area contributed by atoms with Crippen LogP contribution in [0.4, 0.5) is 0 Å². The zero-order chi connectivity index (χ0) is 34.4. The Morgan fingerprint density at radius 2 is 1.56 bits per heavy atom. The molecule has 3 atom stereocenters. The second-order valence-corrected chi connectivity index (χ2v) is 28.8. The smallest absolute Gasteiger partial charge is 0.192 e. The Kier molecular flexibility index (Phi) is 13.9. The van der Waals surface area contributed by atoms with Crippen LogP contribution in [0.5, 0.6) is 0 Å². The first-order valence-corrected chi connectivity index (χ1v) is 24.6. The number of sulfone groups is 1. The fourth-order valence-corrected chi connectivity index (χ4v) is 9.63. The summed E-state index contributed by atoms with van der Waals surface area (Å²) in [5, 5.41) is 2.76. The summed E-state index contributed by atoms with van der Waals surface area (Å²) in [5.41, 5.74) is 3.17. The zero-order valence-corrected chi connectivity index (χ0v) is 34.2. The number of aromatic nitrogens is 1. The van der Waals surface area contributed by atoms with Crippen LogP contribution in [0.25, 0.3) is 6.08 Å². The summed E-state index contributed by atoms with van der Waals surface area (Å²) in [7, 11) is -7.56. The molecular formula is C36H61NO4S2Si2. The number of aryl methyl sites for hydroxylation is 1. The van der Waals surface area contributed by atoms with Crippen LogP contribution in [-0.4, -0.2) is 48.0 Å². The van der Waals surface area contributed by atoms with Crippen molar-refractivity contribution in [3.63, 3.8) is 0 Å². The molecule has 0 bridgehead atoms. The fourth-order valence-electron chi connectivity index (χ4n) is 4.59. The zero-order valence-electron chi connectivity index (χ0n) is 30.6. The first-order valence-electron chi connectivity index (χ1n) is 16.3. The number of hydrogen-bond donors (Lipinski definition) is 0. The third-order valence-corrected chi connectivity index (χ3v) is 21.6. The van der Waals surface area contributed by atoms with Crippen molar-refractivity contribution in [3.8, 4) is 0 Å². The molecule has 0 aliphatic heterocycles. The van der Waals surface area contributed by atoms with Gasteiger partial charge in [0, 0.05) is 12.0 Å². The van der Waals surface area contributed by atoms with E-state index in [0.29, 0.717) is 30.8 Å². The molecule has 2 rings (SSSR count). The Bertz CT molecular complexity index is 1400. The lowest BCUT2D eigenvalue weighted by Gasteiger charge is -2.39. The molecule has 1 aromatic carbocycles. The van der Waals surface area contributed by atoms with Crippen molar-refractivity contribution in [2.24, 2.45) is 5.92 Å². The highest BCUT2D eigenvalue weighted by atomic mass is 32.2. The molecule has 0 N–H and O–H groups in total. The molecule has 1 heterocycles. The molecule has 0 spiro atoms. The first-order chi connectivity index (χ1) is 20.5. The lowest BCUT2D eigenvalue weighted by Crippen LogP contribution is -2.44. The van der Waals surface area contributed by atoms with Gasteiger partial charge in [-0.2, -0.15) is 0 Å². The van der Waals surface area contributed by atoms with Crippen molar-refractivity contribution in [3.05, 3.63) is 63.6 Å². The molecule has 0 aliphatic rings. The van der Waals surface area contributed by atoms with E-state index in [2.05, 4.69) is 111 Å². The standard InChI is InChI=1S/C36H61NO4S2Si2/c1-27(20-21-34(41-45(13,14)36(8,9)10)29(3)24-31-26-42-30(4)37-31)22-33(43(38,39)32-18-16-15-17-19-32)23-28(2)25-40-44(11,12)35(5,6)7/h15-20,24,26,28,33-34H,21-23,25H2,1-14H3/b27-20-,29-24+/t28-,33?,34-/m0/s1. The van der Waals surface area contributed by atoms with E-state index < -0.39 is 31.7 Å². The minimum Gasteiger partial charge on any atom is -0.417 e. The van der Waals surface area contributed by atoms with Gasteiger partial charge in [-0.15, -0.1) is 11.3 Å². The van der Waals surface area contributed by atoms with Crippen molar-refractivity contribution >= 4 is 43.9 Å². The summed E-state index contributed by atoms with van der Waals surface area (Å²) in [6.45, 7) is 31.5. The molecule has 0 aliphatic carbocycles. The van der Waals surface area contributed by atoms with Gasteiger partial charge < -0.3 is 8.85 Å². The average molecular weight is 692 g/mol. The second kappa shape index (κ2) is 15.7. The predicted octanol–water partition coefficient (Wildman–Crippen LogP) is 10.9. The fraction of sp³-hybridized carbons (Fsp3) is 0.639. The molecule has 2 aromatic rings. The molecule has 1 unspecified atom stereocenters. The Hall–Kier alpha value is -1.37. The topological polar surface area (TPSA) is 65.5 Å². The van der Waals surface area contributed by atoms with E-state index in [9.17, 15) is 8.42 Å². The van der Waals surface area contributed by atoms with Crippen LogP contribution < -0.4 is 0 Å². The molecule has 9 heteroatoms. The van der Waals surface area contributed by atoms with Crippen LogP contribution in [-0.2, 0) is 18.7 Å². The van der Waals surface area contributed by atoms with Crippen molar-refractivity contribution in [1.82, 2.24) is 4.98 Å². The van der Waals surface area contributed by atoms with E-state index >= 15 is 0 Å². The summed E-state index contributed by atoms with van der Waals surface area (Å²) in [6, 6.07) is 8.90. The van der Waals surface area contributed by atoms with Gasteiger partial charge in [0.2, 0.25) is 0 Å². The highest BCUT2D eigenvalue weighted by Gasteiger charge is 2.40. The number of rotatable bonds is 15. The molecule has 5 nitrogen and oxygen atoms in total. The summed E-state index contributed by atoms with van der Waals surface area (Å²) >= 11 is 1.65. The molecule has 0 saturated carbocycles. The van der Waals surface area contributed by atoms with E-state index in [1.54, 1.807) is 35.6 Å². The van der Waals surface area contributed by atoms with Crippen LogP contribution in [0, 0.1) is 12.8 Å². The van der Waals surface area contributed by atoms with Gasteiger partial charge in [-0.1, -0.05) is 78.3 Å². The maximum Gasteiger partial charge on any atom is 0.192 e. The molecule has 45 heavy (non-hydrogen) atoms. The van der Waals surface area contributed by atoms with Gasteiger partial charge in [0.05, 0.1) is 27.0 Å². The number of benzene rings is 1. The van der Waals surface area contributed by atoms with E-state index in [-0.39, 0.29) is 22.1 Å². The van der Waals surface area contributed by atoms with Crippen LogP contribution in [0.3, 0.4) is 0 Å². The molecule has 254 valence electrons. The molecule has 0 fully saturated rings. The molecule has 0 amide bonds. The maximum atomic E-state index is 14.0. The Labute approximate surface area is 282 Å². The van der Waals surface area contributed by atoms with Crippen molar-refractivity contribution in [2.45, 2.75) is 141 Å². The van der Waals surface area contributed by atoms with Crippen molar-refractivity contribution < 1.29 is 17.3 Å². The number of thiazole rings is 1. The minimum atomic E-state index is -3.54. The molecule has 0 saturated heterocycles. The quantitative estimate of drug-likeness (QED) is 0.137. The number of nitrogens with zero attached hydrogens (tertiary/aromatic N) is 1. The van der Waals surface area contributed by atoms with Gasteiger partial charge in [-0.05, 0) is 106 Å². The molecule has 0 radical (unpaired) electrons. The lowest BCUT2D eigenvalue weighted by atomic mass is 10.00. The summed E-state index contributed by atoms with van der Waals surface area (Å²) < 4.78 is 41.5. The van der Waals surface area contributed by atoms with Crippen LogP contribution in [0.15, 0.2) is 57.8 Å². The monoisotopic (exact) mass is 691 g/mol. The van der Waals surface area contributed by atoms with Gasteiger partial charge in [-0.25, -0.2) is 13.4 Å². The predicted molar refractivity (Wildman–Crippen MR) is 200 cm³/mol. The average Bonchev–Trinajstić information content (AvgIpc) is 3.32. The summed E-state index contributed by atoms with van der Waals surface area (Å²) in [6.07, 6.45) is 5.93. The Morgan fingerprint density at radius 3 is 2.07 bits per heavy atom. The van der Waals surface area contributed by atoms with E-state index in [0.717, 1.165) is 21.8 Å². The summed E-state index contributed by atoms with van der Waals surface area (Å²) in [4.78, 5) is 5.03. The van der Waals surface area contributed by atoms with Crippen LogP contribution in [0.1, 0.15) is 92.3 Å². The third-order valence-electron chi connectivity index (χ3n) is 9.70. The van der Waals surface area contributed by atoms with Crippen molar-refractivity contribution in [2.75, 3.05) is 6.61 Å². The van der Waals surface area contributed by atoms with E-state index in [1.165, 1.54) is 0 Å². The van der Waals surface area contributed by atoms with Gasteiger partial charge in [0.1, 0.15) is 0 Å². The second-order valence-electron chi connectivity index (χ2n) is 15.9. The largest absolute Gasteiger partial charge is 0.417 e. The minimum absolute atomic E-state index is 0.0684. The van der Waals surface area contributed by atoms with E-state index in [1.807, 2.05) is 13.0 Å². The third kappa shape index (κ3) is 11.7. The molecular weight excluding hydrogens is 631 g/mol. The highest BCUT2D eigenvalue weighted by molar-refractivity contribution is 7.92. The maximum absolute atomic E-state index is 14.0. The van der Waals surface area contributed by atoms with Crippen LogP contribution in [0.2, 0.25) is 36.3 Å². The molecule has 1 aromatic heterocycles. The first kappa shape index (κ1) is 39.8. The Morgan fingerprint density at radius 1 is 0.978 bits per heavy atom. The van der Waals surface area contributed by atoms with Gasteiger partial charge in [0.15, 0.2) is 26.5 Å². The van der Waals surface area contributed by atoms with Gasteiger partial charge in [0.25, 0.3) is 0 Å².